The molecule has 3 rings (SSSR count). The number of amidine groups is 1. The fourth-order valence-electron chi connectivity index (χ4n) is 2.01. The van der Waals surface area contributed by atoms with E-state index in [1.54, 1.807) is 12.2 Å². The minimum Gasteiger partial charge on any atom is -0.331 e. The summed E-state index contributed by atoms with van der Waals surface area (Å²) < 4.78 is 44.3. The van der Waals surface area contributed by atoms with Crippen molar-refractivity contribution in [2.45, 2.75) is 0 Å². The predicted molar refractivity (Wildman–Crippen MR) is 70.0 cm³/mol. The fourth-order valence-corrected chi connectivity index (χ4v) is 2.71. The molecule has 19 heavy (non-hydrogen) atoms. The molecule has 0 bridgehead atoms. The van der Waals surface area contributed by atoms with Crippen LogP contribution in [0.25, 0.3) is 5.57 Å². The molecule has 2 aliphatic heterocycles. The Morgan fingerprint density at radius 2 is 1.89 bits per heavy atom. The van der Waals surface area contributed by atoms with Gasteiger partial charge < -0.3 is 4.90 Å². The zero-order valence-electron chi connectivity index (χ0n) is 9.74. The second-order valence-electron chi connectivity index (χ2n) is 4.11. The van der Waals surface area contributed by atoms with Crippen LogP contribution >= 0.6 is 11.9 Å². The number of halogens is 3. The van der Waals surface area contributed by atoms with Crippen LogP contribution < -0.4 is 0 Å². The molecule has 0 N–H and O–H groups in total. The van der Waals surface area contributed by atoms with E-state index in [-0.39, 0.29) is 5.56 Å². The van der Waals surface area contributed by atoms with Gasteiger partial charge in [0.25, 0.3) is 0 Å². The average molecular weight is 282 g/mol. The lowest BCUT2D eigenvalue weighted by Crippen LogP contribution is -2.33. The number of fused-ring (bicyclic) bond motifs is 1. The van der Waals surface area contributed by atoms with Crippen LogP contribution in [0.5, 0.6) is 0 Å². The first-order chi connectivity index (χ1) is 9.16. The summed E-state index contributed by atoms with van der Waals surface area (Å²) in [5.74, 6) is -1.64. The van der Waals surface area contributed by atoms with Crippen LogP contribution in [-0.2, 0) is 0 Å². The Kier molecular flexibility index (Phi) is 3.10. The molecule has 0 saturated heterocycles. The van der Waals surface area contributed by atoms with E-state index in [4.69, 9.17) is 0 Å². The van der Waals surface area contributed by atoms with Crippen molar-refractivity contribution in [1.82, 2.24) is 4.90 Å². The van der Waals surface area contributed by atoms with E-state index >= 15 is 0 Å². The standard InChI is InChI=1S/C13H9F3N2S/c14-10-7-12(16)11(15)6-9(10)8-2-1-3-18-4-5-19-17-13(8)18/h1-3,6-7H,4-5H2. The number of hydrogen-bond acceptors (Lipinski definition) is 3. The van der Waals surface area contributed by atoms with Crippen molar-refractivity contribution in [3.8, 4) is 0 Å². The third kappa shape index (κ3) is 2.16. The molecule has 98 valence electrons. The van der Waals surface area contributed by atoms with Gasteiger partial charge in [0.05, 0.1) is 0 Å². The number of rotatable bonds is 1. The molecule has 0 amide bonds. The van der Waals surface area contributed by atoms with Gasteiger partial charge in [-0.1, -0.05) is 0 Å². The van der Waals surface area contributed by atoms with Crippen molar-refractivity contribution >= 4 is 23.4 Å². The lowest BCUT2D eigenvalue weighted by molar-refractivity contribution is 0.493. The van der Waals surface area contributed by atoms with E-state index in [0.29, 0.717) is 17.5 Å². The first-order valence-electron chi connectivity index (χ1n) is 5.67. The van der Waals surface area contributed by atoms with Crippen molar-refractivity contribution in [1.29, 1.82) is 0 Å². The maximum Gasteiger partial charge on any atom is 0.161 e. The fraction of sp³-hybridized carbons (Fsp3) is 0.154. The summed E-state index contributed by atoms with van der Waals surface area (Å²) in [5, 5.41) is 0. The Labute approximate surface area is 112 Å². The minimum atomic E-state index is -1.19. The summed E-state index contributed by atoms with van der Waals surface area (Å²) in [6.07, 6.45) is 5.22. The van der Waals surface area contributed by atoms with Crippen LogP contribution in [-0.4, -0.2) is 23.0 Å². The monoisotopic (exact) mass is 282 g/mol. The van der Waals surface area contributed by atoms with Gasteiger partial charge in [-0.2, -0.15) is 4.40 Å². The van der Waals surface area contributed by atoms with E-state index < -0.39 is 17.5 Å². The van der Waals surface area contributed by atoms with Gasteiger partial charge in [0.15, 0.2) is 11.6 Å². The summed E-state index contributed by atoms with van der Waals surface area (Å²) in [6, 6.07) is 1.43. The first kappa shape index (κ1) is 12.3. The van der Waals surface area contributed by atoms with Crippen LogP contribution in [0.1, 0.15) is 5.56 Å². The minimum absolute atomic E-state index is 0.0227. The predicted octanol–water partition coefficient (Wildman–Crippen LogP) is 3.38. The van der Waals surface area contributed by atoms with Crippen LogP contribution in [0, 0.1) is 17.5 Å². The second kappa shape index (κ2) is 4.77. The number of allylic oxidation sites excluding steroid dienone is 2. The van der Waals surface area contributed by atoms with Gasteiger partial charge in [-0.25, -0.2) is 13.2 Å². The van der Waals surface area contributed by atoms with Gasteiger partial charge in [-0.05, 0) is 30.2 Å². The van der Waals surface area contributed by atoms with Crippen LogP contribution in [0.4, 0.5) is 13.2 Å². The molecular weight excluding hydrogens is 273 g/mol. The molecule has 0 fully saturated rings. The first-order valence-corrected chi connectivity index (χ1v) is 6.61. The van der Waals surface area contributed by atoms with Crippen molar-refractivity contribution < 1.29 is 13.2 Å². The molecular formula is C13H9F3N2S. The Morgan fingerprint density at radius 3 is 2.74 bits per heavy atom. The Hall–Kier alpha value is -1.69. The van der Waals surface area contributed by atoms with Crippen LogP contribution in [0.3, 0.4) is 0 Å². The Balaban J connectivity index is 2.11. The summed E-state index contributed by atoms with van der Waals surface area (Å²) in [5.41, 5.74) is 0.487. The van der Waals surface area contributed by atoms with Crippen molar-refractivity contribution in [3.63, 3.8) is 0 Å². The largest absolute Gasteiger partial charge is 0.331 e. The zero-order chi connectivity index (χ0) is 13.4. The Bertz CT molecular complexity index is 623. The average Bonchev–Trinajstić information content (AvgIpc) is 2.42. The summed E-state index contributed by atoms with van der Waals surface area (Å²) in [6.45, 7) is 0.753. The van der Waals surface area contributed by atoms with Gasteiger partial charge in [0.1, 0.15) is 11.7 Å². The highest BCUT2D eigenvalue weighted by Crippen LogP contribution is 2.29. The molecule has 1 aromatic rings. The normalized spacial score (nSPS) is 17.9. The van der Waals surface area contributed by atoms with E-state index in [0.717, 1.165) is 18.4 Å². The van der Waals surface area contributed by atoms with Crippen LogP contribution in [0.2, 0.25) is 0 Å². The van der Waals surface area contributed by atoms with Crippen molar-refractivity contribution in [2.75, 3.05) is 12.3 Å². The molecule has 0 aromatic heterocycles. The van der Waals surface area contributed by atoms with Gasteiger partial charge in [0, 0.05) is 35.7 Å². The maximum absolute atomic E-state index is 13.8. The molecule has 0 atom stereocenters. The lowest BCUT2D eigenvalue weighted by Gasteiger charge is -2.29. The molecule has 0 radical (unpaired) electrons. The highest BCUT2D eigenvalue weighted by Gasteiger charge is 2.24. The van der Waals surface area contributed by atoms with Crippen molar-refractivity contribution in [2.24, 2.45) is 4.40 Å². The Morgan fingerprint density at radius 1 is 1.11 bits per heavy atom. The van der Waals surface area contributed by atoms with E-state index in [9.17, 15) is 13.2 Å². The quantitative estimate of drug-likeness (QED) is 0.579. The summed E-state index contributed by atoms with van der Waals surface area (Å²) in [4.78, 5) is 1.87. The molecule has 0 unspecified atom stereocenters. The molecule has 2 aliphatic rings. The highest BCUT2D eigenvalue weighted by atomic mass is 32.2. The van der Waals surface area contributed by atoms with E-state index in [1.165, 1.54) is 11.9 Å². The van der Waals surface area contributed by atoms with E-state index in [1.807, 2.05) is 11.1 Å². The summed E-state index contributed by atoms with van der Waals surface area (Å²) >= 11 is 1.37. The number of benzene rings is 1. The van der Waals surface area contributed by atoms with Crippen molar-refractivity contribution in [3.05, 3.63) is 53.5 Å². The molecule has 6 heteroatoms. The maximum atomic E-state index is 13.8. The molecule has 2 nitrogen and oxygen atoms in total. The number of hydrogen-bond donors (Lipinski definition) is 0. The third-order valence-corrected chi connectivity index (χ3v) is 3.58. The lowest BCUT2D eigenvalue weighted by atomic mass is 10.0. The molecule has 1 aromatic carbocycles. The molecule has 0 aliphatic carbocycles. The molecule has 0 spiro atoms. The van der Waals surface area contributed by atoms with Crippen LogP contribution in [0.15, 0.2) is 34.9 Å². The number of nitrogens with zero attached hydrogens (tertiary/aromatic N) is 2. The van der Waals surface area contributed by atoms with E-state index in [2.05, 4.69) is 4.40 Å². The zero-order valence-corrected chi connectivity index (χ0v) is 10.6. The highest BCUT2D eigenvalue weighted by molar-refractivity contribution is 7.98. The van der Waals surface area contributed by atoms with Gasteiger partial charge in [-0.3, -0.25) is 0 Å². The van der Waals surface area contributed by atoms with Gasteiger partial charge >= 0.3 is 0 Å². The van der Waals surface area contributed by atoms with Gasteiger partial charge in [0.2, 0.25) is 0 Å². The SMILES string of the molecule is Fc1cc(F)c(C2=CC=CN3CCSN=C23)cc1F. The molecule has 2 heterocycles. The topological polar surface area (TPSA) is 15.6 Å². The third-order valence-electron chi connectivity index (χ3n) is 2.92. The smallest absolute Gasteiger partial charge is 0.161 e. The second-order valence-corrected chi connectivity index (χ2v) is 4.96. The van der Waals surface area contributed by atoms with Gasteiger partial charge in [-0.15, -0.1) is 0 Å². The summed E-state index contributed by atoms with van der Waals surface area (Å²) in [7, 11) is 0. The molecule has 0 saturated carbocycles.